The summed E-state index contributed by atoms with van der Waals surface area (Å²) in [5.41, 5.74) is 2.71. The zero-order valence-electron chi connectivity index (χ0n) is 20.8. The molecule has 1 aromatic carbocycles. The molecule has 1 saturated carbocycles. The second kappa shape index (κ2) is 11.6. The van der Waals surface area contributed by atoms with Crippen LogP contribution in [0.25, 0.3) is 0 Å². The highest BCUT2D eigenvalue weighted by atomic mass is 16.5. The van der Waals surface area contributed by atoms with Gasteiger partial charge in [0.05, 0.1) is 21.3 Å². The van der Waals surface area contributed by atoms with Gasteiger partial charge in [-0.3, -0.25) is 14.6 Å². The van der Waals surface area contributed by atoms with Gasteiger partial charge in [-0.05, 0) is 67.8 Å². The molecule has 1 aliphatic carbocycles. The first kappa shape index (κ1) is 24.3. The molecule has 0 amide bonds. The molecule has 0 aromatic heterocycles. The van der Waals surface area contributed by atoms with Gasteiger partial charge in [0.15, 0.2) is 11.5 Å². The van der Waals surface area contributed by atoms with Crippen LogP contribution in [0.5, 0.6) is 11.5 Å². The van der Waals surface area contributed by atoms with Crippen molar-refractivity contribution in [2.24, 2.45) is 5.92 Å². The number of piperidine rings is 1. The monoisotopic (exact) mass is 458 g/mol. The average Bonchev–Trinajstić information content (AvgIpc) is 3.15. The number of hydrogen-bond acceptors (Lipinski definition) is 6. The van der Waals surface area contributed by atoms with E-state index in [0.29, 0.717) is 18.4 Å². The number of rotatable bonds is 7. The lowest BCUT2D eigenvalue weighted by molar-refractivity contribution is -0.141. The number of esters is 1. The summed E-state index contributed by atoms with van der Waals surface area (Å²) in [5, 5.41) is 0. The van der Waals surface area contributed by atoms with Crippen LogP contribution in [0.4, 0.5) is 0 Å². The van der Waals surface area contributed by atoms with E-state index in [0.717, 1.165) is 50.0 Å². The minimum atomic E-state index is -0.0823. The molecule has 6 heteroatoms. The normalized spacial score (nSPS) is 25.2. The third-order valence-electron chi connectivity index (χ3n) is 8.23. The minimum absolute atomic E-state index is 0.0823. The van der Waals surface area contributed by atoms with Gasteiger partial charge in [0, 0.05) is 38.1 Å². The third kappa shape index (κ3) is 5.83. The van der Waals surface area contributed by atoms with Gasteiger partial charge in [-0.15, -0.1) is 0 Å². The quantitative estimate of drug-likeness (QED) is 0.445. The van der Waals surface area contributed by atoms with E-state index in [9.17, 15) is 4.79 Å². The Morgan fingerprint density at radius 2 is 1.61 bits per heavy atom. The Morgan fingerprint density at radius 3 is 2.27 bits per heavy atom. The van der Waals surface area contributed by atoms with Crippen molar-refractivity contribution in [3.63, 3.8) is 0 Å². The van der Waals surface area contributed by atoms with Gasteiger partial charge in [-0.2, -0.15) is 0 Å². The van der Waals surface area contributed by atoms with Gasteiger partial charge in [0.1, 0.15) is 0 Å². The predicted octanol–water partition coefficient (Wildman–Crippen LogP) is 4.43. The molecule has 1 saturated heterocycles. The van der Waals surface area contributed by atoms with Crippen molar-refractivity contribution >= 4 is 5.97 Å². The molecule has 0 spiro atoms. The summed E-state index contributed by atoms with van der Waals surface area (Å²) < 4.78 is 16.1. The zero-order valence-corrected chi connectivity index (χ0v) is 20.8. The van der Waals surface area contributed by atoms with Crippen molar-refractivity contribution in [2.75, 3.05) is 41.0 Å². The maximum absolute atomic E-state index is 12.0. The second-order valence-corrected chi connectivity index (χ2v) is 10.1. The summed E-state index contributed by atoms with van der Waals surface area (Å²) in [5.74, 6) is 2.05. The maximum Gasteiger partial charge on any atom is 0.305 e. The number of likely N-dealkylation sites (tertiary alicyclic amines) is 1. The minimum Gasteiger partial charge on any atom is -0.493 e. The van der Waals surface area contributed by atoms with Gasteiger partial charge >= 0.3 is 5.97 Å². The van der Waals surface area contributed by atoms with Crippen molar-refractivity contribution in [2.45, 2.75) is 82.8 Å². The predicted molar refractivity (Wildman–Crippen MR) is 130 cm³/mol. The van der Waals surface area contributed by atoms with Gasteiger partial charge in [0.2, 0.25) is 0 Å². The first-order valence-electron chi connectivity index (χ1n) is 12.9. The highest BCUT2D eigenvalue weighted by Gasteiger charge is 2.37. The Bertz CT molecular complexity index is 791. The zero-order chi connectivity index (χ0) is 23.2. The third-order valence-corrected chi connectivity index (χ3v) is 8.23. The largest absolute Gasteiger partial charge is 0.493 e. The van der Waals surface area contributed by atoms with Crippen molar-refractivity contribution in [3.05, 3.63) is 23.3 Å². The number of hydrogen-bond donors (Lipinski definition) is 0. The molecule has 184 valence electrons. The topological polar surface area (TPSA) is 51.2 Å². The van der Waals surface area contributed by atoms with Crippen LogP contribution in [0, 0.1) is 5.92 Å². The van der Waals surface area contributed by atoms with Crippen LogP contribution >= 0.6 is 0 Å². The summed E-state index contributed by atoms with van der Waals surface area (Å²) in [6.45, 7) is 4.30. The van der Waals surface area contributed by atoms with Crippen molar-refractivity contribution in [1.29, 1.82) is 0 Å². The van der Waals surface area contributed by atoms with Gasteiger partial charge < -0.3 is 14.2 Å². The van der Waals surface area contributed by atoms with Crippen LogP contribution < -0.4 is 9.47 Å². The fourth-order valence-corrected chi connectivity index (χ4v) is 6.36. The average molecular weight is 459 g/mol. The molecule has 4 rings (SSSR count). The summed E-state index contributed by atoms with van der Waals surface area (Å²) >= 11 is 0. The number of ether oxygens (including phenoxy) is 3. The molecule has 3 aliphatic rings. The number of carbonyl (C=O) groups excluding carboxylic acids is 1. The van der Waals surface area contributed by atoms with Crippen LogP contribution in [-0.2, 0) is 22.5 Å². The van der Waals surface area contributed by atoms with Crippen LogP contribution in [-0.4, -0.2) is 68.8 Å². The molecule has 6 nitrogen and oxygen atoms in total. The summed E-state index contributed by atoms with van der Waals surface area (Å²) in [6.07, 6.45) is 11.8. The smallest absolute Gasteiger partial charge is 0.305 e. The molecule has 2 fully saturated rings. The first-order valence-corrected chi connectivity index (χ1v) is 12.9. The van der Waals surface area contributed by atoms with E-state index in [2.05, 4.69) is 21.9 Å². The van der Waals surface area contributed by atoms with Crippen LogP contribution in [0.3, 0.4) is 0 Å². The van der Waals surface area contributed by atoms with Crippen LogP contribution in [0.15, 0.2) is 12.1 Å². The molecule has 0 unspecified atom stereocenters. The molecule has 0 N–H and O–H groups in total. The Hall–Kier alpha value is -1.79. The van der Waals surface area contributed by atoms with Gasteiger partial charge in [-0.1, -0.05) is 25.7 Å². The highest BCUT2D eigenvalue weighted by Crippen LogP contribution is 2.37. The van der Waals surface area contributed by atoms with E-state index in [4.69, 9.17) is 14.2 Å². The fourth-order valence-electron chi connectivity index (χ4n) is 6.36. The van der Waals surface area contributed by atoms with E-state index in [1.54, 1.807) is 14.2 Å². The molecule has 2 atom stereocenters. The summed E-state index contributed by atoms with van der Waals surface area (Å²) in [6, 6.07) is 5.55. The van der Waals surface area contributed by atoms with E-state index in [-0.39, 0.29) is 5.97 Å². The van der Waals surface area contributed by atoms with Crippen LogP contribution in [0.1, 0.15) is 68.9 Å². The summed E-state index contributed by atoms with van der Waals surface area (Å²) in [7, 11) is 4.91. The molecule has 2 heterocycles. The van der Waals surface area contributed by atoms with Gasteiger partial charge in [0.25, 0.3) is 0 Å². The standard InChI is InChI=1S/C27H42N2O4/c1-31-25-16-20-12-14-29(19-22(20)17-26(25)32-2)24-13-15-28(23-8-6-4-5-7-9-23)18-21(24)10-11-27(30)33-3/h16-17,21,23-24H,4-15,18-19H2,1-3H3/t21-,24+/m1/s1. The molecule has 0 bridgehead atoms. The molecule has 2 aliphatic heterocycles. The lowest BCUT2D eigenvalue weighted by atomic mass is 9.84. The Labute approximate surface area is 199 Å². The Morgan fingerprint density at radius 1 is 0.909 bits per heavy atom. The number of fused-ring (bicyclic) bond motifs is 1. The number of benzene rings is 1. The second-order valence-electron chi connectivity index (χ2n) is 10.1. The lowest BCUT2D eigenvalue weighted by Crippen LogP contribution is -2.54. The van der Waals surface area contributed by atoms with Gasteiger partial charge in [-0.25, -0.2) is 0 Å². The first-order chi connectivity index (χ1) is 16.1. The highest BCUT2D eigenvalue weighted by molar-refractivity contribution is 5.69. The van der Waals surface area contributed by atoms with Crippen molar-refractivity contribution < 1.29 is 19.0 Å². The Balaban J connectivity index is 1.48. The number of methoxy groups -OCH3 is 3. The summed E-state index contributed by atoms with van der Waals surface area (Å²) in [4.78, 5) is 17.4. The molecular weight excluding hydrogens is 416 g/mol. The molecule has 33 heavy (non-hydrogen) atoms. The molecule has 1 aromatic rings. The van der Waals surface area contributed by atoms with E-state index >= 15 is 0 Å². The molecular formula is C27H42N2O4. The number of nitrogens with zero attached hydrogens (tertiary/aromatic N) is 2. The van der Waals surface area contributed by atoms with E-state index in [1.165, 1.54) is 69.7 Å². The van der Waals surface area contributed by atoms with E-state index in [1.807, 2.05) is 0 Å². The van der Waals surface area contributed by atoms with Crippen LogP contribution in [0.2, 0.25) is 0 Å². The fraction of sp³-hybridized carbons (Fsp3) is 0.741. The maximum atomic E-state index is 12.0. The molecule has 0 radical (unpaired) electrons. The van der Waals surface area contributed by atoms with Crippen molar-refractivity contribution in [3.8, 4) is 11.5 Å². The SMILES string of the molecule is COC(=O)CC[C@@H]1CN(C2CCCCCC2)CC[C@@H]1N1CCc2cc(OC)c(OC)cc2C1. The Kier molecular flexibility index (Phi) is 8.53. The number of carbonyl (C=O) groups is 1. The van der Waals surface area contributed by atoms with E-state index < -0.39 is 0 Å². The van der Waals surface area contributed by atoms with Crippen molar-refractivity contribution in [1.82, 2.24) is 9.80 Å². The lowest BCUT2D eigenvalue weighted by Gasteiger charge is -2.47.